The highest BCUT2D eigenvalue weighted by molar-refractivity contribution is 6.01. The maximum Gasteiger partial charge on any atom is 0.245 e. The van der Waals surface area contributed by atoms with E-state index in [2.05, 4.69) is 10.2 Å². The van der Waals surface area contributed by atoms with E-state index in [0.717, 1.165) is 50.1 Å². The SMILES string of the molecule is O=C(NC1CCN(CC(=O)N(c2ccccc2)c2ccccc2)CC1)C1CCCCC1. The van der Waals surface area contributed by atoms with Gasteiger partial charge in [-0.2, -0.15) is 0 Å². The van der Waals surface area contributed by atoms with Crippen LogP contribution in [-0.2, 0) is 9.59 Å². The van der Waals surface area contributed by atoms with Gasteiger partial charge >= 0.3 is 0 Å². The molecule has 1 saturated carbocycles. The van der Waals surface area contributed by atoms with E-state index < -0.39 is 0 Å². The second-order valence-corrected chi connectivity index (χ2v) is 8.79. The molecule has 5 heteroatoms. The Labute approximate surface area is 185 Å². The molecule has 1 aliphatic carbocycles. The normalized spacial score (nSPS) is 18.5. The number of nitrogens with one attached hydrogen (secondary N) is 1. The molecule has 0 bridgehead atoms. The molecule has 0 unspecified atom stereocenters. The highest BCUT2D eigenvalue weighted by Crippen LogP contribution is 2.26. The van der Waals surface area contributed by atoms with Gasteiger partial charge in [-0.3, -0.25) is 19.4 Å². The van der Waals surface area contributed by atoms with Crippen molar-refractivity contribution in [3.63, 3.8) is 0 Å². The lowest BCUT2D eigenvalue weighted by molar-refractivity contribution is -0.127. The lowest BCUT2D eigenvalue weighted by Crippen LogP contribution is -2.48. The first-order valence-electron chi connectivity index (χ1n) is 11.7. The van der Waals surface area contributed by atoms with Crippen molar-refractivity contribution in [2.45, 2.75) is 51.0 Å². The van der Waals surface area contributed by atoms with Gasteiger partial charge in [-0.15, -0.1) is 0 Å². The molecule has 4 rings (SSSR count). The zero-order valence-corrected chi connectivity index (χ0v) is 18.2. The Morgan fingerprint density at radius 3 is 1.90 bits per heavy atom. The van der Waals surface area contributed by atoms with Gasteiger partial charge < -0.3 is 5.32 Å². The number of hydrogen-bond donors (Lipinski definition) is 1. The van der Waals surface area contributed by atoms with Gasteiger partial charge in [0.05, 0.1) is 6.54 Å². The van der Waals surface area contributed by atoms with Crippen molar-refractivity contribution < 1.29 is 9.59 Å². The van der Waals surface area contributed by atoms with Crippen molar-refractivity contribution >= 4 is 23.2 Å². The van der Waals surface area contributed by atoms with Crippen molar-refractivity contribution in [1.82, 2.24) is 10.2 Å². The number of rotatable bonds is 6. The van der Waals surface area contributed by atoms with E-state index in [9.17, 15) is 9.59 Å². The number of anilines is 2. The Kier molecular flexibility index (Phi) is 7.36. The number of benzene rings is 2. The van der Waals surface area contributed by atoms with E-state index in [1.807, 2.05) is 60.7 Å². The Hall–Kier alpha value is -2.66. The van der Waals surface area contributed by atoms with Crippen molar-refractivity contribution in [1.29, 1.82) is 0 Å². The van der Waals surface area contributed by atoms with E-state index in [1.54, 1.807) is 4.90 Å². The fourth-order valence-electron chi connectivity index (χ4n) is 4.77. The predicted molar refractivity (Wildman–Crippen MR) is 124 cm³/mol. The highest BCUT2D eigenvalue weighted by Gasteiger charge is 2.27. The molecule has 2 fully saturated rings. The fraction of sp³-hybridized carbons (Fsp3) is 0.462. The van der Waals surface area contributed by atoms with Crippen LogP contribution in [0.1, 0.15) is 44.9 Å². The number of likely N-dealkylation sites (tertiary alicyclic amines) is 1. The molecule has 1 heterocycles. The minimum Gasteiger partial charge on any atom is -0.353 e. The fourth-order valence-corrected chi connectivity index (χ4v) is 4.77. The molecule has 1 aliphatic heterocycles. The summed E-state index contributed by atoms with van der Waals surface area (Å²) in [5, 5.41) is 3.28. The Morgan fingerprint density at radius 2 is 1.35 bits per heavy atom. The number of carbonyl (C=O) groups excluding carboxylic acids is 2. The zero-order chi connectivity index (χ0) is 21.5. The summed E-state index contributed by atoms with van der Waals surface area (Å²) < 4.78 is 0. The maximum absolute atomic E-state index is 13.3. The number of hydrogen-bond acceptors (Lipinski definition) is 3. The number of para-hydroxylation sites is 2. The van der Waals surface area contributed by atoms with Gasteiger partial charge in [-0.1, -0.05) is 55.7 Å². The van der Waals surface area contributed by atoms with Crippen molar-refractivity contribution in [3.8, 4) is 0 Å². The zero-order valence-electron chi connectivity index (χ0n) is 18.2. The summed E-state index contributed by atoms with van der Waals surface area (Å²) in [6, 6.07) is 19.9. The van der Waals surface area contributed by atoms with Gasteiger partial charge in [-0.05, 0) is 49.9 Å². The smallest absolute Gasteiger partial charge is 0.245 e. The number of amides is 2. The molecule has 2 aliphatic rings. The molecule has 31 heavy (non-hydrogen) atoms. The van der Waals surface area contributed by atoms with Crippen molar-refractivity contribution in [2.24, 2.45) is 5.92 Å². The Morgan fingerprint density at radius 1 is 0.806 bits per heavy atom. The lowest BCUT2D eigenvalue weighted by Gasteiger charge is -2.34. The summed E-state index contributed by atoms with van der Waals surface area (Å²) in [5.74, 6) is 0.523. The van der Waals surface area contributed by atoms with Crippen LogP contribution in [0.15, 0.2) is 60.7 Å². The van der Waals surface area contributed by atoms with Crippen LogP contribution in [0.3, 0.4) is 0 Å². The molecule has 5 nitrogen and oxygen atoms in total. The van der Waals surface area contributed by atoms with Gasteiger partial charge in [0.1, 0.15) is 0 Å². The molecule has 2 aromatic carbocycles. The van der Waals surface area contributed by atoms with Crippen LogP contribution < -0.4 is 10.2 Å². The standard InChI is InChI=1S/C26H33N3O2/c30-25(29(23-12-6-2-7-13-23)24-14-8-3-9-15-24)20-28-18-16-22(17-19-28)27-26(31)21-10-4-1-5-11-21/h2-3,6-9,12-15,21-22H,1,4-5,10-11,16-20H2,(H,27,31). The summed E-state index contributed by atoms with van der Waals surface area (Å²) in [6.45, 7) is 2.05. The van der Waals surface area contributed by atoms with Crippen LogP contribution in [0.2, 0.25) is 0 Å². The molecule has 2 aromatic rings. The first-order valence-corrected chi connectivity index (χ1v) is 11.7. The lowest BCUT2D eigenvalue weighted by atomic mass is 9.88. The van der Waals surface area contributed by atoms with Crippen LogP contribution in [0.5, 0.6) is 0 Å². The molecule has 164 valence electrons. The van der Waals surface area contributed by atoms with E-state index in [0.29, 0.717) is 6.54 Å². The highest BCUT2D eigenvalue weighted by atomic mass is 16.2. The Balaban J connectivity index is 1.32. The molecule has 0 atom stereocenters. The van der Waals surface area contributed by atoms with E-state index in [1.165, 1.54) is 19.3 Å². The third kappa shape index (κ3) is 5.73. The molecule has 0 aromatic heterocycles. The van der Waals surface area contributed by atoms with Gasteiger partial charge in [0.2, 0.25) is 11.8 Å². The minimum atomic E-state index is 0.0714. The van der Waals surface area contributed by atoms with Crippen LogP contribution in [0.4, 0.5) is 11.4 Å². The van der Waals surface area contributed by atoms with Gasteiger partial charge in [0, 0.05) is 36.4 Å². The molecular formula is C26H33N3O2. The van der Waals surface area contributed by atoms with Gasteiger partial charge in [0.15, 0.2) is 0 Å². The van der Waals surface area contributed by atoms with E-state index in [-0.39, 0.29) is 23.8 Å². The summed E-state index contributed by atoms with van der Waals surface area (Å²) in [6.07, 6.45) is 7.50. The Bertz CT molecular complexity index is 802. The maximum atomic E-state index is 13.3. The van der Waals surface area contributed by atoms with Crippen molar-refractivity contribution in [3.05, 3.63) is 60.7 Å². The molecule has 2 amide bonds. The predicted octanol–water partition coefficient (Wildman–Crippen LogP) is 4.51. The van der Waals surface area contributed by atoms with Crippen LogP contribution >= 0.6 is 0 Å². The largest absolute Gasteiger partial charge is 0.353 e. The summed E-state index contributed by atoms with van der Waals surface area (Å²) in [4.78, 5) is 29.9. The summed E-state index contributed by atoms with van der Waals surface area (Å²) >= 11 is 0. The average molecular weight is 420 g/mol. The second kappa shape index (κ2) is 10.6. The quantitative estimate of drug-likeness (QED) is 0.749. The number of nitrogens with zero attached hydrogens (tertiary/aromatic N) is 2. The number of carbonyl (C=O) groups is 2. The average Bonchev–Trinajstić information content (AvgIpc) is 2.82. The molecule has 0 spiro atoms. The summed E-state index contributed by atoms with van der Waals surface area (Å²) in [5.41, 5.74) is 1.77. The minimum absolute atomic E-state index is 0.0714. The van der Waals surface area contributed by atoms with Crippen molar-refractivity contribution in [2.75, 3.05) is 24.5 Å². The molecule has 0 radical (unpaired) electrons. The van der Waals surface area contributed by atoms with Crippen LogP contribution in [-0.4, -0.2) is 42.4 Å². The first kappa shape index (κ1) is 21.6. The van der Waals surface area contributed by atoms with Gasteiger partial charge in [0.25, 0.3) is 0 Å². The molecule has 1 N–H and O–H groups in total. The van der Waals surface area contributed by atoms with Crippen LogP contribution in [0, 0.1) is 5.92 Å². The van der Waals surface area contributed by atoms with Crippen LogP contribution in [0.25, 0.3) is 0 Å². The third-order valence-corrected chi connectivity index (χ3v) is 6.55. The third-order valence-electron chi connectivity index (χ3n) is 6.55. The monoisotopic (exact) mass is 419 g/mol. The number of piperidine rings is 1. The van der Waals surface area contributed by atoms with E-state index in [4.69, 9.17) is 0 Å². The topological polar surface area (TPSA) is 52.7 Å². The van der Waals surface area contributed by atoms with Gasteiger partial charge in [-0.25, -0.2) is 0 Å². The summed E-state index contributed by atoms with van der Waals surface area (Å²) in [7, 11) is 0. The first-order chi connectivity index (χ1) is 15.2. The molecule has 1 saturated heterocycles. The van der Waals surface area contributed by atoms with E-state index >= 15 is 0 Å². The second-order valence-electron chi connectivity index (χ2n) is 8.79. The molecular weight excluding hydrogens is 386 g/mol.